The third-order valence-electron chi connectivity index (χ3n) is 2.80. The van der Waals surface area contributed by atoms with Crippen LogP contribution in [0.3, 0.4) is 0 Å². The Kier molecular flexibility index (Phi) is 4.37. The maximum Gasteiger partial charge on any atom is 0.175 e. The lowest BCUT2D eigenvalue weighted by Gasteiger charge is -2.10. The zero-order chi connectivity index (χ0) is 13.8. The Hall–Kier alpha value is -1.62. The third kappa shape index (κ3) is 3.23. The Labute approximate surface area is 115 Å². The minimum absolute atomic E-state index is 0.0179. The summed E-state index contributed by atoms with van der Waals surface area (Å²) >= 11 is 1.42. The number of rotatable bonds is 5. The zero-order valence-electron chi connectivity index (χ0n) is 10.8. The molecule has 0 N–H and O–H groups in total. The van der Waals surface area contributed by atoms with E-state index in [4.69, 9.17) is 0 Å². The van der Waals surface area contributed by atoms with Crippen LogP contribution < -0.4 is 0 Å². The highest BCUT2D eigenvalue weighted by Gasteiger charge is 2.18. The summed E-state index contributed by atoms with van der Waals surface area (Å²) in [6.45, 7) is 4.68. The maximum absolute atomic E-state index is 12.8. The molecule has 5 heteroatoms. The monoisotopic (exact) mass is 278 g/mol. The van der Waals surface area contributed by atoms with Crippen LogP contribution in [0.5, 0.6) is 0 Å². The quantitative estimate of drug-likeness (QED) is 0.621. The molecule has 3 nitrogen and oxygen atoms in total. The van der Waals surface area contributed by atoms with Crippen LogP contribution in [0.15, 0.2) is 41.8 Å². The molecule has 1 aromatic heterocycles. The lowest BCUT2D eigenvalue weighted by atomic mass is 10.1. The molecule has 1 heterocycles. The predicted molar refractivity (Wildman–Crippen MR) is 74.0 cm³/mol. The summed E-state index contributed by atoms with van der Waals surface area (Å²) in [7, 11) is 0. The summed E-state index contributed by atoms with van der Waals surface area (Å²) in [6, 6.07) is 5.64. The number of carbonyl (C=O) groups excluding carboxylic acids is 1. The first-order chi connectivity index (χ1) is 9.11. The summed E-state index contributed by atoms with van der Waals surface area (Å²) in [5.74, 6) is -0.353. The van der Waals surface area contributed by atoms with Gasteiger partial charge in [-0.15, -0.1) is 0 Å². The number of hydrogen-bond donors (Lipinski definition) is 0. The number of imidazole rings is 1. The van der Waals surface area contributed by atoms with E-state index in [0.717, 1.165) is 11.7 Å². The molecule has 100 valence electrons. The van der Waals surface area contributed by atoms with Gasteiger partial charge >= 0.3 is 0 Å². The number of hydrogen-bond acceptors (Lipinski definition) is 3. The Morgan fingerprint density at radius 3 is 2.74 bits per heavy atom. The summed E-state index contributed by atoms with van der Waals surface area (Å²) in [5, 5.41) is 0.573. The van der Waals surface area contributed by atoms with Crippen molar-refractivity contribution in [2.45, 2.75) is 30.8 Å². The van der Waals surface area contributed by atoms with Gasteiger partial charge in [0.1, 0.15) is 5.82 Å². The van der Waals surface area contributed by atoms with Crippen LogP contribution in [0.1, 0.15) is 24.2 Å². The van der Waals surface area contributed by atoms with E-state index >= 15 is 0 Å². The van der Waals surface area contributed by atoms with Crippen molar-refractivity contribution in [3.8, 4) is 0 Å². The largest absolute Gasteiger partial charge is 0.326 e. The van der Waals surface area contributed by atoms with E-state index in [1.165, 1.54) is 36.0 Å². The normalized spacial score (nSPS) is 12.4. The molecule has 0 radical (unpaired) electrons. The second kappa shape index (κ2) is 6.02. The van der Waals surface area contributed by atoms with E-state index in [-0.39, 0.29) is 16.9 Å². The van der Waals surface area contributed by atoms with Crippen LogP contribution >= 0.6 is 11.8 Å². The van der Waals surface area contributed by atoms with Crippen molar-refractivity contribution in [3.05, 3.63) is 48.0 Å². The molecule has 0 bridgehead atoms. The average Bonchev–Trinajstić information content (AvgIpc) is 2.86. The Bertz CT molecular complexity index is 565. The van der Waals surface area contributed by atoms with E-state index in [0.29, 0.717) is 5.56 Å². The van der Waals surface area contributed by atoms with Crippen LogP contribution in [-0.2, 0) is 6.54 Å². The SMILES string of the molecule is CCn1ccnc1SC(C)C(=O)c1ccc(F)cc1. The summed E-state index contributed by atoms with van der Waals surface area (Å²) in [6.07, 6.45) is 3.61. The predicted octanol–water partition coefficient (Wildman–Crippen LogP) is 3.41. The number of aryl methyl sites for hydroxylation is 1. The fraction of sp³-hybridized carbons (Fsp3) is 0.286. The molecule has 0 aliphatic heterocycles. The van der Waals surface area contributed by atoms with Crippen molar-refractivity contribution in [3.63, 3.8) is 0 Å². The minimum Gasteiger partial charge on any atom is -0.326 e. The highest BCUT2D eigenvalue weighted by molar-refractivity contribution is 8.00. The molecule has 1 atom stereocenters. The molecule has 0 spiro atoms. The van der Waals surface area contributed by atoms with Crippen LogP contribution in [0.4, 0.5) is 4.39 Å². The van der Waals surface area contributed by atoms with Crippen molar-refractivity contribution in [1.82, 2.24) is 9.55 Å². The van der Waals surface area contributed by atoms with Gasteiger partial charge in [-0.05, 0) is 38.1 Å². The molecular formula is C14H15FN2OS. The number of Topliss-reactive ketones (excluding diaryl/α,β-unsaturated/α-hetero) is 1. The Morgan fingerprint density at radius 1 is 1.42 bits per heavy atom. The molecule has 2 aromatic rings. The van der Waals surface area contributed by atoms with E-state index in [1.807, 2.05) is 24.6 Å². The molecule has 0 fully saturated rings. The van der Waals surface area contributed by atoms with E-state index in [2.05, 4.69) is 4.98 Å². The molecule has 2 rings (SSSR count). The first kappa shape index (κ1) is 13.8. The van der Waals surface area contributed by atoms with Gasteiger partial charge in [0.2, 0.25) is 0 Å². The van der Waals surface area contributed by atoms with Gasteiger partial charge in [-0.3, -0.25) is 4.79 Å². The molecule has 1 unspecified atom stereocenters. The number of carbonyl (C=O) groups is 1. The fourth-order valence-electron chi connectivity index (χ4n) is 1.71. The topological polar surface area (TPSA) is 34.9 Å². The van der Waals surface area contributed by atoms with Gasteiger partial charge in [0.15, 0.2) is 10.9 Å². The van der Waals surface area contributed by atoms with Crippen LogP contribution in [-0.4, -0.2) is 20.6 Å². The van der Waals surface area contributed by atoms with Crippen molar-refractivity contribution < 1.29 is 9.18 Å². The number of ketones is 1. The van der Waals surface area contributed by atoms with Crippen LogP contribution in [0.2, 0.25) is 0 Å². The zero-order valence-corrected chi connectivity index (χ0v) is 11.7. The Balaban J connectivity index is 2.09. The van der Waals surface area contributed by atoms with Crippen molar-refractivity contribution in [1.29, 1.82) is 0 Å². The van der Waals surface area contributed by atoms with Crippen molar-refractivity contribution in [2.75, 3.05) is 0 Å². The highest BCUT2D eigenvalue weighted by atomic mass is 32.2. The second-order valence-corrected chi connectivity index (χ2v) is 5.44. The van der Waals surface area contributed by atoms with Gasteiger partial charge in [-0.25, -0.2) is 9.37 Å². The highest BCUT2D eigenvalue weighted by Crippen LogP contribution is 2.24. The average molecular weight is 278 g/mol. The molecule has 1 aromatic carbocycles. The van der Waals surface area contributed by atoms with Crippen LogP contribution in [0.25, 0.3) is 0 Å². The first-order valence-corrected chi connectivity index (χ1v) is 6.97. The minimum atomic E-state index is -0.335. The van der Waals surface area contributed by atoms with Gasteiger partial charge in [-0.2, -0.15) is 0 Å². The molecule has 0 aliphatic rings. The first-order valence-electron chi connectivity index (χ1n) is 6.09. The van der Waals surface area contributed by atoms with Gasteiger partial charge in [0.05, 0.1) is 5.25 Å². The van der Waals surface area contributed by atoms with Crippen molar-refractivity contribution >= 4 is 17.5 Å². The number of nitrogens with zero attached hydrogens (tertiary/aromatic N) is 2. The van der Waals surface area contributed by atoms with E-state index < -0.39 is 0 Å². The number of benzene rings is 1. The second-order valence-electron chi connectivity index (χ2n) is 4.13. The third-order valence-corrected chi connectivity index (χ3v) is 3.92. The number of thioether (sulfide) groups is 1. The summed E-state index contributed by atoms with van der Waals surface area (Å²) in [5.41, 5.74) is 0.524. The smallest absolute Gasteiger partial charge is 0.175 e. The molecule has 0 saturated carbocycles. The van der Waals surface area contributed by atoms with Gasteiger partial charge in [0.25, 0.3) is 0 Å². The lowest BCUT2D eigenvalue weighted by Crippen LogP contribution is -2.14. The number of aromatic nitrogens is 2. The lowest BCUT2D eigenvalue weighted by molar-refractivity contribution is 0.0994. The molecular weight excluding hydrogens is 263 g/mol. The van der Waals surface area contributed by atoms with E-state index in [1.54, 1.807) is 6.20 Å². The molecule has 0 aliphatic carbocycles. The van der Waals surface area contributed by atoms with Crippen LogP contribution in [0, 0.1) is 5.82 Å². The number of halogens is 1. The fourth-order valence-corrected chi connectivity index (χ4v) is 2.72. The summed E-state index contributed by atoms with van der Waals surface area (Å²) < 4.78 is 14.8. The van der Waals surface area contributed by atoms with E-state index in [9.17, 15) is 9.18 Å². The van der Waals surface area contributed by atoms with Gasteiger partial charge in [-0.1, -0.05) is 11.8 Å². The standard InChI is InChI=1S/C14H15FN2OS/c1-3-17-9-8-16-14(17)19-10(2)13(18)11-4-6-12(15)7-5-11/h4-10H,3H2,1-2H3. The van der Waals surface area contributed by atoms with Crippen molar-refractivity contribution in [2.24, 2.45) is 0 Å². The van der Waals surface area contributed by atoms with Gasteiger partial charge < -0.3 is 4.57 Å². The molecule has 0 amide bonds. The summed E-state index contributed by atoms with van der Waals surface area (Å²) in [4.78, 5) is 16.4. The Morgan fingerprint density at radius 2 is 2.11 bits per heavy atom. The maximum atomic E-state index is 12.8. The molecule has 19 heavy (non-hydrogen) atoms. The molecule has 0 saturated heterocycles. The van der Waals surface area contributed by atoms with Gasteiger partial charge in [0, 0.05) is 24.5 Å².